The van der Waals surface area contributed by atoms with Gasteiger partial charge in [0.15, 0.2) is 0 Å². The molecule has 26 heavy (non-hydrogen) atoms. The molecule has 0 aliphatic carbocycles. The highest BCUT2D eigenvalue weighted by Crippen LogP contribution is 2.30. The Morgan fingerprint density at radius 3 is 2.19 bits per heavy atom. The van der Waals surface area contributed by atoms with Gasteiger partial charge in [-0.05, 0) is 43.9 Å². The van der Waals surface area contributed by atoms with Crippen molar-refractivity contribution in [3.8, 4) is 0 Å². The van der Waals surface area contributed by atoms with Crippen molar-refractivity contribution >= 4 is 12.0 Å². The molecule has 1 aliphatic rings. The lowest BCUT2D eigenvalue weighted by Gasteiger charge is -2.37. The van der Waals surface area contributed by atoms with Gasteiger partial charge in [-0.15, -0.1) is 0 Å². The fourth-order valence-electron chi connectivity index (χ4n) is 3.10. The molecule has 0 bridgehead atoms. The van der Waals surface area contributed by atoms with Gasteiger partial charge < -0.3 is 14.5 Å². The first-order chi connectivity index (χ1) is 11.9. The van der Waals surface area contributed by atoms with Crippen molar-refractivity contribution in [3.05, 3.63) is 35.6 Å². The lowest BCUT2D eigenvalue weighted by atomic mass is 9.85. The van der Waals surface area contributed by atoms with Gasteiger partial charge in [-0.25, -0.2) is 14.0 Å². The zero-order valence-corrected chi connectivity index (χ0v) is 16.5. The van der Waals surface area contributed by atoms with E-state index in [1.165, 1.54) is 12.1 Å². The Balaban J connectivity index is 2.16. The standard InChI is InChI=1S/C20H29FN2O3/c1-19(2,3)16(17(24)26-20(4,5)6)23-12-11-22(18(23)25)13-14-7-9-15(21)10-8-14/h7-10,16H,11-13H2,1-6H3/t16-/m1/s1. The van der Waals surface area contributed by atoms with Crippen molar-refractivity contribution in [2.75, 3.05) is 13.1 Å². The Hall–Kier alpha value is -2.11. The molecule has 0 aromatic heterocycles. The number of hydrogen-bond acceptors (Lipinski definition) is 3. The number of nitrogens with zero attached hydrogens (tertiary/aromatic N) is 2. The molecule has 1 heterocycles. The smallest absolute Gasteiger partial charge is 0.329 e. The largest absolute Gasteiger partial charge is 0.458 e. The van der Waals surface area contributed by atoms with Gasteiger partial charge in [-0.3, -0.25) is 0 Å². The maximum atomic E-state index is 13.1. The van der Waals surface area contributed by atoms with Crippen LogP contribution in [0, 0.1) is 11.2 Å². The van der Waals surface area contributed by atoms with E-state index >= 15 is 0 Å². The van der Waals surface area contributed by atoms with Gasteiger partial charge >= 0.3 is 12.0 Å². The summed E-state index contributed by atoms with van der Waals surface area (Å²) in [5, 5.41) is 0. The summed E-state index contributed by atoms with van der Waals surface area (Å²) in [6.45, 7) is 12.6. The van der Waals surface area contributed by atoms with Crippen LogP contribution in [-0.2, 0) is 16.1 Å². The van der Waals surface area contributed by atoms with Gasteiger partial charge in [0.2, 0.25) is 0 Å². The van der Waals surface area contributed by atoms with Crippen LogP contribution in [0.4, 0.5) is 9.18 Å². The molecule has 1 aromatic rings. The van der Waals surface area contributed by atoms with Crippen LogP contribution in [0.2, 0.25) is 0 Å². The normalized spacial score (nSPS) is 16.8. The van der Waals surface area contributed by atoms with Crippen LogP contribution >= 0.6 is 0 Å². The molecule has 0 unspecified atom stereocenters. The predicted molar refractivity (Wildman–Crippen MR) is 98.0 cm³/mol. The summed E-state index contributed by atoms with van der Waals surface area (Å²) in [6.07, 6.45) is 0. The van der Waals surface area contributed by atoms with E-state index in [1.54, 1.807) is 21.9 Å². The zero-order valence-electron chi connectivity index (χ0n) is 16.5. The SMILES string of the molecule is CC(C)(C)OC(=O)[C@@H](N1CCN(Cc2ccc(F)cc2)C1=O)C(C)(C)C. The van der Waals surface area contributed by atoms with E-state index in [0.29, 0.717) is 19.6 Å². The van der Waals surface area contributed by atoms with E-state index in [2.05, 4.69) is 0 Å². The average Bonchev–Trinajstić information content (AvgIpc) is 2.80. The van der Waals surface area contributed by atoms with Crippen LogP contribution in [0.25, 0.3) is 0 Å². The Kier molecular flexibility index (Phi) is 5.64. The number of rotatable bonds is 4. The number of carbonyl (C=O) groups excluding carboxylic acids is 2. The summed E-state index contributed by atoms with van der Waals surface area (Å²) in [6, 6.07) is 5.24. The molecule has 2 amide bonds. The van der Waals surface area contributed by atoms with Crippen molar-refractivity contribution in [1.82, 2.24) is 9.80 Å². The number of carbonyl (C=O) groups is 2. The molecule has 5 nitrogen and oxygen atoms in total. The lowest BCUT2D eigenvalue weighted by molar-refractivity contribution is -0.164. The lowest BCUT2D eigenvalue weighted by Crippen LogP contribution is -2.52. The molecule has 6 heteroatoms. The van der Waals surface area contributed by atoms with E-state index in [4.69, 9.17) is 4.74 Å². The first kappa shape index (κ1) is 20.2. The molecule has 0 radical (unpaired) electrons. The van der Waals surface area contributed by atoms with Gasteiger partial charge in [-0.2, -0.15) is 0 Å². The number of urea groups is 1. The third kappa shape index (κ3) is 4.96. The van der Waals surface area contributed by atoms with Crippen LogP contribution in [-0.4, -0.2) is 46.5 Å². The highest BCUT2D eigenvalue weighted by atomic mass is 19.1. The van der Waals surface area contributed by atoms with Gasteiger partial charge in [0.05, 0.1) is 0 Å². The van der Waals surface area contributed by atoms with Crippen LogP contribution < -0.4 is 0 Å². The highest BCUT2D eigenvalue weighted by molar-refractivity contribution is 5.85. The Morgan fingerprint density at radius 1 is 1.12 bits per heavy atom. The van der Waals surface area contributed by atoms with Crippen molar-refractivity contribution in [3.63, 3.8) is 0 Å². The summed E-state index contributed by atoms with van der Waals surface area (Å²) in [5.41, 5.74) is -0.215. The Bertz CT molecular complexity index is 659. The predicted octanol–water partition coefficient (Wildman–Crippen LogP) is 3.82. The minimum atomic E-state index is -0.660. The third-order valence-electron chi connectivity index (χ3n) is 4.18. The van der Waals surface area contributed by atoms with Crippen molar-refractivity contribution in [2.24, 2.45) is 5.41 Å². The van der Waals surface area contributed by atoms with Crippen molar-refractivity contribution in [1.29, 1.82) is 0 Å². The van der Waals surface area contributed by atoms with Gasteiger partial charge in [-0.1, -0.05) is 32.9 Å². The first-order valence-electron chi connectivity index (χ1n) is 8.91. The maximum absolute atomic E-state index is 13.1. The molecule has 1 fully saturated rings. The summed E-state index contributed by atoms with van der Waals surface area (Å²) in [7, 11) is 0. The van der Waals surface area contributed by atoms with E-state index in [1.807, 2.05) is 41.5 Å². The molecule has 0 N–H and O–H groups in total. The molecule has 144 valence electrons. The summed E-state index contributed by atoms with van der Waals surface area (Å²) >= 11 is 0. The highest BCUT2D eigenvalue weighted by Gasteiger charge is 2.45. The maximum Gasteiger partial charge on any atom is 0.329 e. The monoisotopic (exact) mass is 364 g/mol. The van der Waals surface area contributed by atoms with E-state index in [-0.39, 0.29) is 17.8 Å². The van der Waals surface area contributed by atoms with Gasteiger partial charge in [0, 0.05) is 19.6 Å². The number of hydrogen-bond donors (Lipinski definition) is 0. The number of esters is 1. The number of halogens is 1. The zero-order chi connectivity index (χ0) is 19.7. The quantitative estimate of drug-likeness (QED) is 0.763. The molecular weight excluding hydrogens is 335 g/mol. The molecule has 1 saturated heterocycles. The topological polar surface area (TPSA) is 49.9 Å². The summed E-state index contributed by atoms with van der Waals surface area (Å²) in [4.78, 5) is 28.9. The van der Waals surface area contributed by atoms with Crippen LogP contribution in [0.1, 0.15) is 47.1 Å². The van der Waals surface area contributed by atoms with Crippen molar-refractivity contribution in [2.45, 2.75) is 59.7 Å². The van der Waals surface area contributed by atoms with Gasteiger partial charge in [0.25, 0.3) is 0 Å². The molecule has 1 aromatic carbocycles. The molecule has 1 aliphatic heterocycles. The second kappa shape index (κ2) is 7.25. The minimum absolute atomic E-state index is 0.194. The number of amides is 2. The molecule has 1 atom stereocenters. The molecule has 0 saturated carbocycles. The average molecular weight is 364 g/mol. The molecule has 2 rings (SSSR count). The van der Waals surface area contributed by atoms with E-state index < -0.39 is 17.1 Å². The third-order valence-corrected chi connectivity index (χ3v) is 4.18. The van der Waals surface area contributed by atoms with E-state index in [0.717, 1.165) is 5.56 Å². The van der Waals surface area contributed by atoms with Crippen LogP contribution in [0.5, 0.6) is 0 Å². The summed E-state index contributed by atoms with van der Waals surface area (Å²) < 4.78 is 18.6. The fraction of sp³-hybridized carbons (Fsp3) is 0.600. The summed E-state index contributed by atoms with van der Waals surface area (Å²) in [5.74, 6) is -0.692. The van der Waals surface area contributed by atoms with Crippen LogP contribution in [0.15, 0.2) is 24.3 Å². The number of benzene rings is 1. The Labute approximate surface area is 155 Å². The second-order valence-electron chi connectivity index (χ2n) is 8.83. The fourth-order valence-corrected chi connectivity index (χ4v) is 3.10. The number of ether oxygens (including phenoxy) is 1. The van der Waals surface area contributed by atoms with E-state index in [9.17, 15) is 14.0 Å². The Morgan fingerprint density at radius 2 is 1.69 bits per heavy atom. The minimum Gasteiger partial charge on any atom is -0.458 e. The van der Waals surface area contributed by atoms with Crippen LogP contribution in [0.3, 0.4) is 0 Å². The first-order valence-corrected chi connectivity index (χ1v) is 8.91. The molecule has 0 spiro atoms. The van der Waals surface area contributed by atoms with Crippen molar-refractivity contribution < 1.29 is 18.7 Å². The second-order valence-corrected chi connectivity index (χ2v) is 8.83. The molecular formula is C20H29FN2O3. The van der Waals surface area contributed by atoms with Gasteiger partial charge in [0.1, 0.15) is 17.5 Å².